The number of carbonyl (C=O) groups is 1. The number of methoxy groups -OCH3 is 1. The first kappa shape index (κ1) is 12.9. The van der Waals surface area contributed by atoms with Crippen LogP contribution in [0, 0.1) is 10.1 Å². The lowest BCUT2D eigenvalue weighted by Gasteiger charge is -2.12. The Hall–Kier alpha value is -2.17. The molecule has 0 spiro atoms. The van der Waals surface area contributed by atoms with Crippen LogP contribution in [0.3, 0.4) is 0 Å². The molecule has 5 heteroatoms. The van der Waals surface area contributed by atoms with Gasteiger partial charge in [-0.25, -0.2) is 0 Å². The van der Waals surface area contributed by atoms with Gasteiger partial charge in [0.15, 0.2) is 0 Å². The van der Waals surface area contributed by atoms with Crippen LogP contribution in [0.15, 0.2) is 36.9 Å². The Labute approximate surface area is 98.9 Å². The first-order valence-corrected chi connectivity index (χ1v) is 5.03. The third-order valence-electron chi connectivity index (χ3n) is 2.39. The maximum atomic E-state index is 11.5. The van der Waals surface area contributed by atoms with E-state index in [2.05, 4.69) is 11.3 Å². The third-order valence-corrected chi connectivity index (χ3v) is 2.39. The maximum absolute atomic E-state index is 11.5. The zero-order chi connectivity index (χ0) is 12.8. The predicted octanol–water partition coefficient (Wildman–Crippen LogP) is 2.43. The topological polar surface area (TPSA) is 69.4 Å². The van der Waals surface area contributed by atoms with Gasteiger partial charge in [0.1, 0.15) is 0 Å². The lowest BCUT2D eigenvalue weighted by molar-refractivity contribution is -0.384. The molecule has 0 fully saturated rings. The fraction of sp³-hybridized carbons (Fsp3) is 0.250. The Morgan fingerprint density at radius 1 is 1.53 bits per heavy atom. The van der Waals surface area contributed by atoms with Gasteiger partial charge in [0.25, 0.3) is 5.69 Å². The van der Waals surface area contributed by atoms with Gasteiger partial charge in [0, 0.05) is 12.1 Å². The highest BCUT2D eigenvalue weighted by atomic mass is 16.6. The number of nitro groups is 1. The van der Waals surface area contributed by atoms with Crippen LogP contribution < -0.4 is 0 Å². The second-order valence-corrected chi connectivity index (χ2v) is 3.45. The predicted molar refractivity (Wildman–Crippen MR) is 62.7 cm³/mol. The molecular formula is C12H13NO4. The van der Waals surface area contributed by atoms with E-state index in [0.717, 1.165) is 0 Å². The molecule has 1 atom stereocenters. The van der Waals surface area contributed by atoms with Gasteiger partial charge in [-0.1, -0.05) is 18.2 Å². The van der Waals surface area contributed by atoms with Crippen LogP contribution in [0.25, 0.3) is 0 Å². The van der Waals surface area contributed by atoms with Crippen molar-refractivity contribution < 1.29 is 14.5 Å². The molecule has 90 valence electrons. The van der Waals surface area contributed by atoms with Crippen molar-refractivity contribution in [2.45, 2.75) is 12.3 Å². The number of allylic oxidation sites excluding steroid dienone is 1. The minimum absolute atomic E-state index is 0.00373. The lowest BCUT2D eigenvalue weighted by Crippen LogP contribution is -2.13. The van der Waals surface area contributed by atoms with Crippen molar-refractivity contribution in [2.75, 3.05) is 7.11 Å². The van der Waals surface area contributed by atoms with E-state index in [9.17, 15) is 14.9 Å². The number of ether oxygens (including phenoxy) is 1. The number of rotatable bonds is 5. The van der Waals surface area contributed by atoms with Crippen molar-refractivity contribution in [3.8, 4) is 0 Å². The summed E-state index contributed by atoms with van der Waals surface area (Å²) in [6.07, 6.45) is 2.05. The van der Waals surface area contributed by atoms with Gasteiger partial charge in [-0.2, -0.15) is 0 Å². The van der Waals surface area contributed by atoms with Crippen molar-refractivity contribution >= 4 is 11.7 Å². The van der Waals surface area contributed by atoms with Crippen molar-refractivity contribution in [3.63, 3.8) is 0 Å². The summed E-state index contributed by atoms with van der Waals surface area (Å²) in [5.41, 5.74) is 0.679. The first-order valence-electron chi connectivity index (χ1n) is 5.03. The summed E-state index contributed by atoms with van der Waals surface area (Å²) in [5.74, 6) is -0.836. The van der Waals surface area contributed by atoms with Gasteiger partial charge < -0.3 is 4.74 Å². The quantitative estimate of drug-likeness (QED) is 0.340. The van der Waals surface area contributed by atoms with Crippen molar-refractivity contribution in [3.05, 3.63) is 52.6 Å². The fourth-order valence-corrected chi connectivity index (χ4v) is 1.51. The second-order valence-electron chi connectivity index (χ2n) is 3.45. The van der Waals surface area contributed by atoms with E-state index >= 15 is 0 Å². The van der Waals surface area contributed by atoms with Gasteiger partial charge in [-0.3, -0.25) is 14.9 Å². The Balaban J connectivity index is 2.98. The van der Waals surface area contributed by atoms with E-state index in [1.165, 1.54) is 19.2 Å². The van der Waals surface area contributed by atoms with Crippen LogP contribution in [0.1, 0.15) is 17.9 Å². The molecule has 1 unspecified atom stereocenters. The van der Waals surface area contributed by atoms with E-state index in [1.54, 1.807) is 18.2 Å². The fourth-order valence-electron chi connectivity index (χ4n) is 1.51. The van der Waals surface area contributed by atoms with E-state index in [0.29, 0.717) is 12.0 Å². The highest BCUT2D eigenvalue weighted by molar-refractivity contribution is 5.78. The molecule has 1 aromatic rings. The minimum atomic E-state index is -0.482. The summed E-state index contributed by atoms with van der Waals surface area (Å²) in [6.45, 7) is 3.57. The lowest BCUT2D eigenvalue weighted by atomic mass is 9.96. The molecule has 0 saturated carbocycles. The molecule has 0 aliphatic heterocycles. The van der Waals surface area contributed by atoms with Gasteiger partial charge in [0.2, 0.25) is 0 Å². The summed E-state index contributed by atoms with van der Waals surface area (Å²) in [6, 6.07) is 5.86. The van der Waals surface area contributed by atoms with E-state index in [1.807, 2.05) is 0 Å². The highest BCUT2D eigenvalue weighted by Gasteiger charge is 2.20. The third kappa shape index (κ3) is 3.14. The molecule has 0 heterocycles. The Morgan fingerprint density at radius 2 is 2.12 bits per heavy atom. The Bertz CT molecular complexity index is 425. The monoisotopic (exact) mass is 235 g/mol. The highest BCUT2D eigenvalue weighted by Crippen LogP contribution is 2.23. The molecule has 0 bridgehead atoms. The van der Waals surface area contributed by atoms with Gasteiger partial charge in [0.05, 0.1) is 18.0 Å². The van der Waals surface area contributed by atoms with Crippen LogP contribution in [0.4, 0.5) is 5.69 Å². The summed E-state index contributed by atoms with van der Waals surface area (Å²) < 4.78 is 4.68. The number of hydrogen-bond donors (Lipinski definition) is 0. The standard InChI is InChI=1S/C12H13NO4/c1-3-4-11(12(14)17-2)9-5-7-10(8-6-9)13(15)16/h3,5-8,11H,1,4H2,2H3. The second kappa shape index (κ2) is 5.79. The number of benzene rings is 1. The molecule has 1 aromatic carbocycles. The average Bonchev–Trinajstić information content (AvgIpc) is 2.35. The molecule has 1 rings (SSSR count). The van der Waals surface area contributed by atoms with Crippen LogP contribution in [0.2, 0.25) is 0 Å². The van der Waals surface area contributed by atoms with E-state index < -0.39 is 10.8 Å². The number of hydrogen-bond acceptors (Lipinski definition) is 4. The van der Waals surface area contributed by atoms with E-state index in [-0.39, 0.29) is 11.7 Å². The molecule has 0 N–H and O–H groups in total. The van der Waals surface area contributed by atoms with Crippen LogP contribution >= 0.6 is 0 Å². The molecule has 0 aromatic heterocycles. The Morgan fingerprint density at radius 3 is 2.53 bits per heavy atom. The van der Waals surface area contributed by atoms with E-state index in [4.69, 9.17) is 0 Å². The van der Waals surface area contributed by atoms with Gasteiger partial charge in [-0.15, -0.1) is 6.58 Å². The smallest absolute Gasteiger partial charge is 0.313 e. The molecule has 0 aliphatic rings. The number of nitrogens with zero attached hydrogens (tertiary/aromatic N) is 1. The largest absolute Gasteiger partial charge is 0.469 e. The van der Waals surface area contributed by atoms with Crippen LogP contribution in [-0.2, 0) is 9.53 Å². The molecule has 0 aliphatic carbocycles. The molecule has 5 nitrogen and oxygen atoms in total. The SMILES string of the molecule is C=CCC(C(=O)OC)c1ccc([N+](=O)[O-])cc1. The minimum Gasteiger partial charge on any atom is -0.469 e. The van der Waals surface area contributed by atoms with Crippen LogP contribution in [0.5, 0.6) is 0 Å². The average molecular weight is 235 g/mol. The summed E-state index contributed by atoms with van der Waals surface area (Å²) >= 11 is 0. The number of carbonyl (C=O) groups excluding carboxylic acids is 1. The molecule has 0 radical (unpaired) electrons. The molecule has 0 saturated heterocycles. The van der Waals surface area contributed by atoms with Crippen molar-refractivity contribution in [2.24, 2.45) is 0 Å². The van der Waals surface area contributed by atoms with Crippen molar-refractivity contribution in [1.29, 1.82) is 0 Å². The Kier molecular flexibility index (Phi) is 4.39. The van der Waals surface area contributed by atoms with Gasteiger partial charge in [-0.05, 0) is 12.0 Å². The maximum Gasteiger partial charge on any atom is 0.313 e. The zero-order valence-electron chi connectivity index (χ0n) is 9.46. The molecule has 17 heavy (non-hydrogen) atoms. The number of non-ortho nitro benzene ring substituents is 1. The molecular weight excluding hydrogens is 222 g/mol. The number of nitro benzene ring substituents is 1. The van der Waals surface area contributed by atoms with Gasteiger partial charge >= 0.3 is 5.97 Å². The number of esters is 1. The van der Waals surface area contributed by atoms with Crippen molar-refractivity contribution in [1.82, 2.24) is 0 Å². The zero-order valence-corrected chi connectivity index (χ0v) is 9.46. The summed E-state index contributed by atoms with van der Waals surface area (Å²) in [5, 5.41) is 10.5. The first-order chi connectivity index (χ1) is 8.10. The molecule has 0 amide bonds. The normalized spacial score (nSPS) is 11.6. The van der Waals surface area contributed by atoms with Crippen LogP contribution in [-0.4, -0.2) is 18.0 Å². The summed E-state index contributed by atoms with van der Waals surface area (Å²) in [7, 11) is 1.31. The summed E-state index contributed by atoms with van der Waals surface area (Å²) in [4.78, 5) is 21.5.